The Morgan fingerprint density at radius 2 is 1.93 bits per heavy atom. The van der Waals surface area contributed by atoms with Crippen LogP contribution >= 0.6 is 27.5 Å². The zero-order valence-corrected chi connectivity index (χ0v) is 25.5. The summed E-state index contributed by atoms with van der Waals surface area (Å²) < 4.78 is 18.3. The van der Waals surface area contributed by atoms with Gasteiger partial charge in [0.1, 0.15) is 10.8 Å². The van der Waals surface area contributed by atoms with Gasteiger partial charge in [-0.2, -0.15) is 9.78 Å². The number of fused-ring (bicyclic) bond motifs is 1. The van der Waals surface area contributed by atoms with E-state index in [2.05, 4.69) is 34.9 Å². The van der Waals surface area contributed by atoms with E-state index < -0.39 is 12.6 Å². The Balaban J connectivity index is 1.94. The molecule has 4 aromatic rings. The maximum atomic E-state index is 13.8. The molecule has 0 bridgehead atoms. The minimum atomic E-state index is -1.16. The molecule has 0 saturated heterocycles. The lowest BCUT2D eigenvalue weighted by Crippen LogP contribution is -2.21. The summed E-state index contributed by atoms with van der Waals surface area (Å²) in [5.74, 6) is 0.438. The second-order valence-corrected chi connectivity index (χ2v) is 10.6. The van der Waals surface area contributed by atoms with Crippen LogP contribution in [-0.2, 0) is 4.79 Å². The minimum Gasteiger partial charge on any atom is -0.496 e. The van der Waals surface area contributed by atoms with Crippen LogP contribution in [-0.4, -0.2) is 47.3 Å². The third kappa shape index (κ3) is 6.23. The van der Waals surface area contributed by atoms with Crippen molar-refractivity contribution in [1.29, 1.82) is 0 Å². The summed E-state index contributed by atoms with van der Waals surface area (Å²) in [5.41, 5.74) is 3.24. The highest BCUT2D eigenvalue weighted by molar-refractivity contribution is 9.10. The molecule has 3 aromatic carbocycles. The van der Waals surface area contributed by atoms with Gasteiger partial charge in [-0.05, 0) is 77.2 Å². The van der Waals surface area contributed by atoms with Crippen molar-refractivity contribution in [3.8, 4) is 28.6 Å². The molecule has 0 radical (unpaired) electrons. The molecule has 214 valence electrons. The van der Waals surface area contributed by atoms with Gasteiger partial charge in [-0.3, -0.25) is 4.79 Å². The van der Waals surface area contributed by atoms with Crippen LogP contribution in [0, 0.1) is 6.92 Å². The van der Waals surface area contributed by atoms with Gasteiger partial charge in [-0.1, -0.05) is 37.6 Å². The number of nitrogens with zero attached hydrogens (tertiary/aromatic N) is 3. The maximum absolute atomic E-state index is 13.8. The number of para-hydroxylation sites is 1. The number of ether oxygens (including phenoxy) is 3. The van der Waals surface area contributed by atoms with E-state index in [1.54, 1.807) is 38.3 Å². The molecule has 4 rings (SSSR count). The SMILES string of the molecule is CCOc1cc(C=Nn2c(-c3cc(C(C)C)c(OC)cc3C)nc3ccccc3c2=O)c(Br)c(Cl)c1OCC(=O)O. The zero-order valence-electron chi connectivity index (χ0n) is 23.2. The Morgan fingerprint density at radius 1 is 1.20 bits per heavy atom. The number of hydrogen-bond donors (Lipinski definition) is 1. The standard InChI is InChI=1S/C30H29BrClN3O6/c1-6-40-24-12-18(26(31)27(32)28(24)41-15-25(36)37)14-33-35-29(34-22-10-8-7-9-19(22)30(35)38)21-13-20(16(2)3)23(39-5)11-17(21)4/h7-14,16H,6,15H2,1-5H3,(H,36,37). The van der Waals surface area contributed by atoms with Crippen LogP contribution in [0.5, 0.6) is 17.2 Å². The second-order valence-electron chi connectivity index (χ2n) is 9.41. The van der Waals surface area contributed by atoms with E-state index in [1.165, 1.54) is 10.9 Å². The summed E-state index contributed by atoms with van der Waals surface area (Å²) >= 11 is 9.99. The molecule has 41 heavy (non-hydrogen) atoms. The van der Waals surface area contributed by atoms with Gasteiger partial charge in [-0.15, -0.1) is 0 Å². The summed E-state index contributed by atoms with van der Waals surface area (Å²) in [6.07, 6.45) is 1.46. The summed E-state index contributed by atoms with van der Waals surface area (Å²) in [6, 6.07) is 12.6. The number of halogens is 2. The van der Waals surface area contributed by atoms with E-state index in [0.717, 1.165) is 22.4 Å². The Morgan fingerprint density at radius 3 is 2.59 bits per heavy atom. The predicted octanol–water partition coefficient (Wildman–Crippen LogP) is 6.66. The molecule has 1 N–H and O–H groups in total. The number of rotatable bonds is 10. The minimum absolute atomic E-state index is 0.0836. The van der Waals surface area contributed by atoms with Crippen LogP contribution in [0.3, 0.4) is 0 Å². The first-order valence-corrected chi connectivity index (χ1v) is 14.0. The highest BCUT2D eigenvalue weighted by Gasteiger charge is 2.20. The molecular formula is C30H29BrClN3O6. The van der Waals surface area contributed by atoms with Crippen molar-refractivity contribution in [3.05, 3.63) is 79.0 Å². The van der Waals surface area contributed by atoms with Gasteiger partial charge in [0.25, 0.3) is 5.56 Å². The fraction of sp³-hybridized carbons (Fsp3) is 0.267. The van der Waals surface area contributed by atoms with Gasteiger partial charge < -0.3 is 19.3 Å². The number of aromatic nitrogens is 2. The van der Waals surface area contributed by atoms with Crippen LogP contribution in [0.2, 0.25) is 5.02 Å². The van der Waals surface area contributed by atoms with Crippen molar-refractivity contribution in [2.24, 2.45) is 5.10 Å². The zero-order chi connectivity index (χ0) is 29.8. The molecule has 11 heteroatoms. The average molecular weight is 643 g/mol. The van der Waals surface area contributed by atoms with Crippen LogP contribution in [0.25, 0.3) is 22.3 Å². The Kier molecular flexibility index (Phi) is 9.35. The number of hydrogen-bond acceptors (Lipinski definition) is 7. The molecule has 0 amide bonds. The van der Waals surface area contributed by atoms with E-state index in [4.69, 9.17) is 35.9 Å². The summed E-state index contributed by atoms with van der Waals surface area (Å²) in [6.45, 7) is 7.53. The number of carboxylic acid groups (broad SMARTS) is 1. The van der Waals surface area contributed by atoms with E-state index in [1.807, 2.05) is 25.1 Å². The molecule has 0 spiro atoms. The Hall–Kier alpha value is -3.89. The van der Waals surface area contributed by atoms with Crippen LogP contribution in [0.1, 0.15) is 43.4 Å². The number of carboxylic acids is 1. The highest BCUT2D eigenvalue weighted by atomic mass is 79.9. The Bertz CT molecular complexity index is 1720. The first-order valence-electron chi connectivity index (χ1n) is 12.8. The molecule has 0 aliphatic heterocycles. The Labute approximate surface area is 250 Å². The molecule has 0 aliphatic rings. The van der Waals surface area contributed by atoms with Crippen LogP contribution in [0.15, 0.2) is 56.8 Å². The van der Waals surface area contributed by atoms with Crippen molar-refractivity contribution in [1.82, 2.24) is 9.66 Å². The van der Waals surface area contributed by atoms with Crippen LogP contribution < -0.4 is 19.8 Å². The smallest absolute Gasteiger partial charge is 0.341 e. The number of aryl methyl sites for hydroxylation is 1. The summed E-state index contributed by atoms with van der Waals surface area (Å²) in [4.78, 5) is 29.7. The quantitative estimate of drug-likeness (QED) is 0.193. The molecule has 0 unspecified atom stereocenters. The van der Waals surface area contributed by atoms with Crippen LogP contribution in [0.4, 0.5) is 0 Å². The van der Waals surface area contributed by atoms with Crippen molar-refractivity contribution in [2.45, 2.75) is 33.6 Å². The number of methoxy groups -OCH3 is 1. The van der Waals surface area contributed by atoms with Crippen molar-refractivity contribution >= 4 is 50.6 Å². The second kappa shape index (κ2) is 12.7. The monoisotopic (exact) mass is 641 g/mol. The maximum Gasteiger partial charge on any atom is 0.341 e. The fourth-order valence-electron chi connectivity index (χ4n) is 4.32. The third-order valence-corrected chi connectivity index (χ3v) is 7.74. The van der Waals surface area contributed by atoms with Crippen molar-refractivity contribution < 1.29 is 24.1 Å². The van der Waals surface area contributed by atoms with Crippen molar-refractivity contribution in [3.63, 3.8) is 0 Å². The topological polar surface area (TPSA) is 112 Å². The molecule has 1 heterocycles. The van der Waals surface area contributed by atoms with Crippen molar-refractivity contribution in [2.75, 3.05) is 20.3 Å². The first-order chi connectivity index (χ1) is 19.6. The lowest BCUT2D eigenvalue weighted by atomic mass is 9.96. The lowest BCUT2D eigenvalue weighted by Gasteiger charge is -2.17. The van der Waals surface area contributed by atoms with Gasteiger partial charge in [0, 0.05) is 15.6 Å². The number of benzene rings is 3. The predicted molar refractivity (Wildman–Crippen MR) is 163 cm³/mol. The molecular weight excluding hydrogens is 614 g/mol. The lowest BCUT2D eigenvalue weighted by molar-refractivity contribution is -0.139. The molecule has 9 nitrogen and oxygen atoms in total. The van der Waals surface area contributed by atoms with E-state index in [9.17, 15) is 9.59 Å². The molecule has 0 fully saturated rings. The van der Waals surface area contributed by atoms with Gasteiger partial charge in [-0.25, -0.2) is 9.78 Å². The first kappa shape index (κ1) is 30.1. The van der Waals surface area contributed by atoms with Gasteiger partial charge in [0.2, 0.25) is 0 Å². The average Bonchev–Trinajstić information content (AvgIpc) is 2.94. The van der Waals surface area contributed by atoms with E-state index in [-0.39, 0.29) is 34.6 Å². The third-order valence-electron chi connectivity index (χ3n) is 6.30. The number of aliphatic carboxylic acids is 1. The van der Waals surface area contributed by atoms with Gasteiger partial charge in [0.15, 0.2) is 23.9 Å². The fourth-order valence-corrected chi connectivity index (χ4v) is 4.98. The molecule has 0 aliphatic carbocycles. The number of carbonyl (C=O) groups is 1. The molecule has 0 atom stereocenters. The summed E-state index contributed by atoms with van der Waals surface area (Å²) in [7, 11) is 1.63. The van der Waals surface area contributed by atoms with E-state index >= 15 is 0 Å². The molecule has 0 saturated carbocycles. The van der Waals surface area contributed by atoms with E-state index in [0.29, 0.717) is 26.8 Å². The largest absolute Gasteiger partial charge is 0.496 e. The molecule has 1 aromatic heterocycles. The summed E-state index contributed by atoms with van der Waals surface area (Å²) in [5, 5.41) is 14.1. The normalized spacial score (nSPS) is 11.4. The highest BCUT2D eigenvalue weighted by Crippen LogP contribution is 2.42. The van der Waals surface area contributed by atoms with Gasteiger partial charge >= 0.3 is 5.97 Å². The van der Waals surface area contributed by atoms with Gasteiger partial charge in [0.05, 0.1) is 30.8 Å².